The second-order valence-electron chi connectivity index (χ2n) is 6.49. The second kappa shape index (κ2) is 8.62. The van der Waals surface area contributed by atoms with Crippen LogP contribution in [0.4, 0.5) is 5.95 Å². The summed E-state index contributed by atoms with van der Waals surface area (Å²) in [5, 5.41) is 2.96. The van der Waals surface area contributed by atoms with Gasteiger partial charge in [-0.05, 0) is 45.6 Å². The van der Waals surface area contributed by atoms with Gasteiger partial charge in [0.1, 0.15) is 0 Å². The Morgan fingerprint density at radius 2 is 2.17 bits per heavy atom. The lowest BCUT2D eigenvalue weighted by Crippen LogP contribution is -2.36. The Kier molecular flexibility index (Phi) is 6.52. The predicted molar refractivity (Wildman–Crippen MR) is 91.5 cm³/mol. The quantitative estimate of drug-likeness (QED) is 0.781. The van der Waals surface area contributed by atoms with Gasteiger partial charge in [-0.1, -0.05) is 5.57 Å². The first-order valence-corrected chi connectivity index (χ1v) is 8.24. The average Bonchev–Trinajstić information content (AvgIpc) is 2.49. The van der Waals surface area contributed by atoms with Crippen LogP contribution in [0.25, 0.3) is 0 Å². The molecule has 2 rings (SSSR count). The zero-order valence-electron chi connectivity index (χ0n) is 14.1. The number of allylic oxidation sites excluding steroid dienone is 1. The Morgan fingerprint density at radius 1 is 1.43 bits per heavy atom. The number of anilines is 1. The molecule has 6 nitrogen and oxygen atoms in total. The number of nitrogens with zero attached hydrogens (tertiary/aromatic N) is 3. The summed E-state index contributed by atoms with van der Waals surface area (Å²) in [6, 6.07) is 0. The number of carbonyl (C=O) groups is 1. The first-order valence-electron chi connectivity index (χ1n) is 8.24. The van der Waals surface area contributed by atoms with Gasteiger partial charge in [-0.25, -0.2) is 9.97 Å². The molecule has 0 unspecified atom stereocenters. The number of nitrogens with one attached hydrogen (secondary N) is 1. The highest BCUT2D eigenvalue weighted by Crippen LogP contribution is 2.20. The number of hydrogen-bond donors (Lipinski definition) is 2. The maximum absolute atomic E-state index is 11.6. The number of nitrogen functional groups attached to an aromatic ring is 1. The average molecular weight is 317 g/mol. The molecule has 1 aliphatic rings. The molecule has 0 spiro atoms. The Bertz CT molecular complexity index is 536. The molecule has 6 heteroatoms. The van der Waals surface area contributed by atoms with Crippen LogP contribution >= 0.6 is 0 Å². The predicted octanol–water partition coefficient (Wildman–Crippen LogP) is 1.74. The molecule has 3 N–H and O–H groups in total. The number of nitrogens with two attached hydrogens (primary N) is 1. The van der Waals surface area contributed by atoms with Crippen molar-refractivity contribution >= 4 is 11.9 Å². The van der Waals surface area contributed by atoms with E-state index in [-0.39, 0.29) is 5.91 Å². The Morgan fingerprint density at radius 3 is 2.87 bits per heavy atom. The lowest BCUT2D eigenvalue weighted by molar-refractivity contribution is -0.116. The van der Waals surface area contributed by atoms with Crippen LogP contribution in [0.2, 0.25) is 0 Å². The molecule has 0 bridgehead atoms. The van der Waals surface area contributed by atoms with E-state index in [0.29, 0.717) is 11.9 Å². The van der Waals surface area contributed by atoms with Crippen molar-refractivity contribution in [3.8, 4) is 0 Å². The number of carbonyl (C=O) groups excluding carboxylic acids is 1. The van der Waals surface area contributed by atoms with E-state index in [1.165, 1.54) is 12.8 Å². The Balaban J connectivity index is 1.74. The summed E-state index contributed by atoms with van der Waals surface area (Å²) in [5.41, 5.74) is 7.64. The lowest BCUT2D eigenvalue weighted by atomic mass is 9.94. The molecule has 0 radical (unpaired) electrons. The number of hydrogen-bond acceptors (Lipinski definition) is 5. The second-order valence-corrected chi connectivity index (χ2v) is 6.49. The topological polar surface area (TPSA) is 84.1 Å². The van der Waals surface area contributed by atoms with Crippen molar-refractivity contribution in [2.45, 2.75) is 39.7 Å². The minimum Gasteiger partial charge on any atom is -0.368 e. The highest BCUT2D eigenvalue weighted by Gasteiger charge is 2.20. The minimum atomic E-state index is 0.0108. The molecule has 0 aliphatic carbocycles. The van der Waals surface area contributed by atoms with Crippen LogP contribution in [-0.2, 0) is 11.3 Å². The molecule has 1 saturated heterocycles. The van der Waals surface area contributed by atoms with Gasteiger partial charge in [0.15, 0.2) is 0 Å². The fraction of sp³-hybridized carbons (Fsp3) is 0.588. The molecule has 2 heterocycles. The third kappa shape index (κ3) is 6.36. The summed E-state index contributed by atoms with van der Waals surface area (Å²) in [7, 11) is 0. The van der Waals surface area contributed by atoms with Crippen LogP contribution < -0.4 is 11.1 Å². The van der Waals surface area contributed by atoms with E-state index >= 15 is 0 Å². The van der Waals surface area contributed by atoms with Crippen molar-refractivity contribution in [3.05, 3.63) is 29.6 Å². The molecule has 1 aromatic heterocycles. The summed E-state index contributed by atoms with van der Waals surface area (Å²) in [6.07, 6.45) is 8.69. The van der Waals surface area contributed by atoms with Crippen molar-refractivity contribution < 1.29 is 4.79 Å². The highest BCUT2D eigenvalue weighted by molar-refractivity contribution is 5.87. The van der Waals surface area contributed by atoms with E-state index < -0.39 is 0 Å². The van der Waals surface area contributed by atoms with Gasteiger partial charge < -0.3 is 11.1 Å². The fourth-order valence-corrected chi connectivity index (χ4v) is 2.95. The van der Waals surface area contributed by atoms with Crippen molar-refractivity contribution in [1.29, 1.82) is 0 Å². The molecule has 1 amide bonds. The van der Waals surface area contributed by atoms with Crippen LogP contribution in [0.3, 0.4) is 0 Å². The van der Waals surface area contributed by atoms with E-state index in [2.05, 4.69) is 20.2 Å². The first-order chi connectivity index (χ1) is 11.0. The third-order valence-corrected chi connectivity index (χ3v) is 4.01. The van der Waals surface area contributed by atoms with Gasteiger partial charge in [0, 0.05) is 43.7 Å². The van der Waals surface area contributed by atoms with Crippen LogP contribution in [0.15, 0.2) is 24.0 Å². The van der Waals surface area contributed by atoms with Gasteiger partial charge >= 0.3 is 0 Å². The number of likely N-dealkylation sites (tertiary alicyclic amines) is 1. The first kappa shape index (κ1) is 17.4. The zero-order chi connectivity index (χ0) is 16.7. The van der Waals surface area contributed by atoms with E-state index in [0.717, 1.165) is 43.7 Å². The Hall–Kier alpha value is -1.95. The van der Waals surface area contributed by atoms with Gasteiger partial charge in [-0.15, -0.1) is 0 Å². The zero-order valence-corrected chi connectivity index (χ0v) is 14.1. The summed E-state index contributed by atoms with van der Waals surface area (Å²) in [6.45, 7) is 7.62. The van der Waals surface area contributed by atoms with Gasteiger partial charge in [0.2, 0.25) is 11.9 Å². The summed E-state index contributed by atoms with van der Waals surface area (Å²) in [4.78, 5) is 22.1. The molecule has 126 valence electrons. The van der Waals surface area contributed by atoms with Gasteiger partial charge in [-0.3, -0.25) is 9.69 Å². The molecule has 1 aromatic rings. The van der Waals surface area contributed by atoms with Crippen molar-refractivity contribution in [3.63, 3.8) is 0 Å². The minimum absolute atomic E-state index is 0.0108. The molecule has 1 fully saturated rings. The maximum atomic E-state index is 11.6. The van der Waals surface area contributed by atoms with E-state index in [1.807, 2.05) is 13.8 Å². The van der Waals surface area contributed by atoms with Crippen molar-refractivity contribution in [2.24, 2.45) is 5.92 Å². The van der Waals surface area contributed by atoms with E-state index in [4.69, 9.17) is 5.73 Å². The maximum Gasteiger partial charge on any atom is 0.243 e. The number of piperidine rings is 1. The summed E-state index contributed by atoms with van der Waals surface area (Å²) in [5.74, 6) is 0.958. The summed E-state index contributed by atoms with van der Waals surface area (Å²) < 4.78 is 0. The molecule has 0 saturated carbocycles. The highest BCUT2D eigenvalue weighted by atomic mass is 16.1. The summed E-state index contributed by atoms with van der Waals surface area (Å²) >= 11 is 0. The molecule has 1 aliphatic heterocycles. The van der Waals surface area contributed by atoms with Crippen LogP contribution in [0.5, 0.6) is 0 Å². The lowest BCUT2D eigenvalue weighted by Gasteiger charge is -2.32. The molecular formula is C17H27N5O. The van der Waals surface area contributed by atoms with E-state index in [9.17, 15) is 4.79 Å². The fourth-order valence-electron chi connectivity index (χ4n) is 2.95. The molecule has 1 atom stereocenters. The van der Waals surface area contributed by atoms with Crippen LogP contribution in [0, 0.1) is 5.92 Å². The molecule has 23 heavy (non-hydrogen) atoms. The van der Waals surface area contributed by atoms with Crippen LogP contribution in [-0.4, -0.2) is 40.4 Å². The monoisotopic (exact) mass is 317 g/mol. The molecular weight excluding hydrogens is 290 g/mol. The Labute approximate surface area is 138 Å². The van der Waals surface area contributed by atoms with Gasteiger partial charge in [0.25, 0.3) is 0 Å². The molecule has 0 aromatic carbocycles. The SMILES string of the molecule is CC(C)=CC(=O)NCC[C@H]1CCCN(Cc2cnc(N)nc2)C1. The standard InChI is InChI=1S/C17H27N5O/c1-13(2)8-16(23)19-6-5-14-4-3-7-22(11-14)12-15-9-20-17(18)21-10-15/h8-10,14H,3-7,11-12H2,1-2H3,(H,19,23)(H2,18,20,21)/t14-/m1/s1. The largest absolute Gasteiger partial charge is 0.368 e. The number of rotatable bonds is 6. The van der Waals surface area contributed by atoms with Crippen molar-refractivity contribution in [1.82, 2.24) is 20.2 Å². The van der Waals surface area contributed by atoms with Crippen molar-refractivity contribution in [2.75, 3.05) is 25.4 Å². The smallest absolute Gasteiger partial charge is 0.243 e. The number of aromatic nitrogens is 2. The van der Waals surface area contributed by atoms with Gasteiger partial charge in [0.05, 0.1) is 0 Å². The third-order valence-electron chi connectivity index (χ3n) is 4.01. The number of amides is 1. The normalized spacial score (nSPS) is 18.4. The van der Waals surface area contributed by atoms with Gasteiger partial charge in [-0.2, -0.15) is 0 Å². The van der Waals surface area contributed by atoms with E-state index in [1.54, 1.807) is 18.5 Å². The van der Waals surface area contributed by atoms with Crippen LogP contribution in [0.1, 0.15) is 38.7 Å².